The Balaban J connectivity index is 2.88. The van der Waals surface area contributed by atoms with E-state index in [1.165, 1.54) is 102 Å². The maximum absolute atomic E-state index is 14.1. The zero-order valence-corrected chi connectivity index (χ0v) is 41.5. The second-order valence-electron chi connectivity index (χ2n) is 19.0. The fourth-order valence-corrected chi connectivity index (χ4v) is 7.88. The van der Waals surface area contributed by atoms with E-state index < -0.39 is 85.7 Å². The summed E-state index contributed by atoms with van der Waals surface area (Å²) >= 11 is 0. The maximum atomic E-state index is 14.1. The van der Waals surface area contributed by atoms with Crippen LogP contribution in [0.1, 0.15) is 208 Å². The smallest absolute Gasteiger partial charge is 0.408 e. The number of aliphatic hydroxyl groups excluding tert-OH is 3. The molecule has 65 heavy (non-hydrogen) atoms. The minimum atomic E-state index is -1.60. The van der Waals surface area contributed by atoms with E-state index >= 15 is 0 Å². The van der Waals surface area contributed by atoms with Crippen LogP contribution in [0.5, 0.6) is 0 Å². The van der Waals surface area contributed by atoms with Gasteiger partial charge in [-0.2, -0.15) is 0 Å². The molecule has 1 saturated heterocycles. The number of nitrogens with zero attached hydrogens (tertiary/aromatic N) is 1. The molecule has 15 heteroatoms. The molecule has 0 saturated carbocycles. The second-order valence-corrected chi connectivity index (χ2v) is 19.0. The molecule has 0 spiro atoms. The fraction of sp³-hybridized carbons (Fsp3) is 0.860. The van der Waals surface area contributed by atoms with Gasteiger partial charge in [0.2, 0.25) is 23.6 Å². The van der Waals surface area contributed by atoms with Crippen molar-refractivity contribution in [2.24, 2.45) is 0 Å². The van der Waals surface area contributed by atoms with E-state index in [0.717, 1.165) is 57.8 Å². The number of unbranched alkanes of at least 4 members (excludes halogenated alkanes) is 22. The summed E-state index contributed by atoms with van der Waals surface area (Å²) in [5.74, 6) is -2.27. The van der Waals surface area contributed by atoms with E-state index in [1.54, 1.807) is 20.8 Å². The van der Waals surface area contributed by atoms with Crippen LogP contribution in [0, 0.1) is 0 Å². The van der Waals surface area contributed by atoms with Crippen molar-refractivity contribution in [3.63, 3.8) is 0 Å². The topological polar surface area (TPSA) is 216 Å². The predicted molar refractivity (Wildman–Crippen MR) is 257 cm³/mol. The van der Waals surface area contributed by atoms with Gasteiger partial charge in [-0.15, -0.1) is 0 Å². The number of allylic oxidation sites excluding steroid dienone is 2. The number of hydrogen-bond donors (Lipinski definition) is 7. The summed E-state index contributed by atoms with van der Waals surface area (Å²) in [5.41, 5.74) is -0.751. The Morgan fingerprint density at radius 1 is 0.662 bits per heavy atom. The van der Waals surface area contributed by atoms with Crippen LogP contribution in [0.3, 0.4) is 0 Å². The molecule has 378 valence electrons. The monoisotopic (exact) mass is 924 g/mol. The molecule has 7 N–H and O–H groups in total. The molecule has 0 aromatic heterocycles. The number of ether oxygens (including phenoxy) is 2. The number of alkyl carbamates (subject to hydrolysis) is 1. The molecule has 0 radical (unpaired) electrons. The van der Waals surface area contributed by atoms with Gasteiger partial charge in [-0.3, -0.25) is 19.2 Å². The van der Waals surface area contributed by atoms with Crippen LogP contribution in [0.4, 0.5) is 4.79 Å². The van der Waals surface area contributed by atoms with Crippen molar-refractivity contribution >= 4 is 29.7 Å². The summed E-state index contributed by atoms with van der Waals surface area (Å²) in [6.07, 6.45) is 26.9. The van der Waals surface area contributed by atoms with Crippen LogP contribution >= 0.6 is 0 Å². The Bertz CT molecular complexity index is 1330. The number of nitrogens with one attached hydrogen (secondary N) is 4. The van der Waals surface area contributed by atoms with Crippen LogP contribution in [0.15, 0.2) is 12.2 Å². The summed E-state index contributed by atoms with van der Waals surface area (Å²) in [7, 11) is 0. The van der Waals surface area contributed by atoms with Gasteiger partial charge >= 0.3 is 6.09 Å². The Morgan fingerprint density at radius 3 is 1.65 bits per heavy atom. The van der Waals surface area contributed by atoms with Crippen molar-refractivity contribution < 1.29 is 48.8 Å². The van der Waals surface area contributed by atoms with Crippen molar-refractivity contribution in [2.45, 2.75) is 251 Å². The lowest BCUT2D eigenvalue weighted by atomic mass is 9.94. The van der Waals surface area contributed by atoms with E-state index in [-0.39, 0.29) is 12.3 Å². The van der Waals surface area contributed by atoms with Crippen LogP contribution in [0.25, 0.3) is 0 Å². The van der Waals surface area contributed by atoms with Gasteiger partial charge in [0, 0.05) is 13.0 Å². The van der Waals surface area contributed by atoms with Crippen molar-refractivity contribution in [3.8, 4) is 0 Å². The third-order valence-electron chi connectivity index (χ3n) is 11.8. The molecular weight excluding hydrogens is 831 g/mol. The Hall–Kier alpha value is -3.27. The van der Waals surface area contributed by atoms with E-state index in [1.807, 2.05) is 0 Å². The summed E-state index contributed by atoms with van der Waals surface area (Å²) in [5, 5.41) is 42.2. The van der Waals surface area contributed by atoms with E-state index in [9.17, 15) is 39.3 Å². The van der Waals surface area contributed by atoms with Crippen molar-refractivity contribution in [3.05, 3.63) is 12.2 Å². The van der Waals surface area contributed by atoms with Gasteiger partial charge in [0.15, 0.2) is 6.23 Å². The minimum Gasteiger partial charge on any atom is -0.444 e. The second kappa shape index (κ2) is 36.8. The first-order valence-electron chi connectivity index (χ1n) is 25.5. The van der Waals surface area contributed by atoms with Crippen molar-refractivity contribution in [1.29, 1.82) is 0 Å². The van der Waals surface area contributed by atoms with Gasteiger partial charge in [0.25, 0.3) is 0 Å². The normalized spacial score (nSPS) is 19.1. The van der Waals surface area contributed by atoms with Crippen LogP contribution in [0.2, 0.25) is 0 Å². The van der Waals surface area contributed by atoms with Crippen LogP contribution in [-0.2, 0) is 28.7 Å². The Morgan fingerprint density at radius 2 is 1.14 bits per heavy atom. The highest BCUT2D eigenvalue weighted by atomic mass is 16.6. The lowest BCUT2D eigenvalue weighted by molar-refractivity contribution is -0.231. The van der Waals surface area contributed by atoms with Gasteiger partial charge < -0.3 is 51.0 Å². The number of aliphatic hydroxyl groups is 3. The molecule has 5 amide bonds. The molecule has 6 atom stereocenters. The number of amides is 5. The lowest BCUT2D eigenvalue weighted by Crippen LogP contribution is -2.69. The minimum absolute atomic E-state index is 0.200. The van der Waals surface area contributed by atoms with Gasteiger partial charge in [0.05, 0.1) is 13.2 Å². The maximum Gasteiger partial charge on any atom is 0.408 e. The van der Waals surface area contributed by atoms with Gasteiger partial charge in [-0.1, -0.05) is 148 Å². The molecule has 1 heterocycles. The van der Waals surface area contributed by atoms with Gasteiger partial charge in [-0.25, -0.2) is 4.79 Å². The van der Waals surface area contributed by atoms with Crippen LogP contribution < -0.4 is 21.3 Å². The van der Waals surface area contributed by atoms with Crippen molar-refractivity contribution in [2.75, 3.05) is 26.2 Å². The van der Waals surface area contributed by atoms with Crippen molar-refractivity contribution in [1.82, 2.24) is 26.2 Å². The molecule has 0 bridgehead atoms. The summed E-state index contributed by atoms with van der Waals surface area (Å²) in [6.45, 7) is 9.70. The van der Waals surface area contributed by atoms with E-state index in [0.29, 0.717) is 19.4 Å². The average Bonchev–Trinajstić information content (AvgIpc) is 3.26. The Labute approximate surface area is 392 Å². The Kier molecular flexibility index (Phi) is 33.8. The SMILES string of the molecule is CCCCCCCCC=CCCCCCCCC(=O)N(CCCCCCCCCCCCCC)[C@@H]1O[C@H](CO)[C@@H](O)[C@H](O)[C@H]1NC(=O)[C@H](C)NC(=O)CNC(=O)CNC(=O)OC(C)(C)C. The quantitative estimate of drug-likeness (QED) is 0.0239. The van der Waals surface area contributed by atoms with E-state index in [2.05, 4.69) is 47.3 Å². The van der Waals surface area contributed by atoms with Gasteiger partial charge in [-0.05, 0) is 66.2 Å². The predicted octanol–water partition coefficient (Wildman–Crippen LogP) is 7.62. The number of hydrogen-bond acceptors (Lipinski definition) is 10. The molecule has 1 fully saturated rings. The fourth-order valence-electron chi connectivity index (χ4n) is 7.88. The molecule has 0 unspecified atom stereocenters. The number of rotatable bonds is 37. The largest absolute Gasteiger partial charge is 0.444 e. The molecule has 0 aromatic carbocycles. The summed E-state index contributed by atoms with van der Waals surface area (Å²) in [6, 6.07) is -2.44. The molecule has 1 rings (SSSR count). The molecule has 0 aromatic rings. The third kappa shape index (κ3) is 29.2. The first-order chi connectivity index (χ1) is 31.1. The number of carbonyl (C=O) groups is 5. The zero-order valence-electron chi connectivity index (χ0n) is 41.5. The molecular formula is C50H93N5O10. The highest BCUT2D eigenvalue weighted by Gasteiger charge is 2.48. The lowest BCUT2D eigenvalue weighted by Gasteiger charge is -2.47. The van der Waals surface area contributed by atoms with Gasteiger partial charge in [0.1, 0.15) is 42.5 Å². The summed E-state index contributed by atoms with van der Waals surface area (Å²) < 4.78 is 11.2. The highest BCUT2D eigenvalue weighted by Crippen LogP contribution is 2.26. The highest BCUT2D eigenvalue weighted by molar-refractivity contribution is 5.91. The molecule has 1 aliphatic rings. The summed E-state index contributed by atoms with van der Waals surface area (Å²) in [4.78, 5) is 65.9. The molecule has 1 aliphatic heterocycles. The zero-order chi connectivity index (χ0) is 48.3. The first-order valence-corrected chi connectivity index (χ1v) is 25.5. The third-order valence-corrected chi connectivity index (χ3v) is 11.8. The van der Waals surface area contributed by atoms with Crippen LogP contribution in [-0.4, -0.2) is 118 Å². The molecule has 15 nitrogen and oxygen atoms in total. The first kappa shape index (κ1) is 59.7. The molecule has 0 aliphatic carbocycles. The average molecular weight is 924 g/mol. The number of carbonyl (C=O) groups excluding carboxylic acids is 5. The standard InChI is InChI=1S/C50H93N5O10/c1-7-9-11-13-15-17-19-21-22-23-24-26-28-30-32-34-43(59)55(35-33-31-29-27-25-20-18-16-14-12-10-8-2)48-44(46(61)45(60)40(38-56)64-48)54-47(62)39(3)53-42(58)37-51-41(57)36-52-49(63)65-50(4,5)6/h21-22,39-40,44-46,48,56,60-61H,7-20,23-38H2,1-6H3,(H,51,57)(H,52,63)(H,53,58)(H,54,62)/t39-,40+,44+,45+,46+,48+/m0/s1. The van der Waals surface area contributed by atoms with E-state index in [4.69, 9.17) is 9.47 Å².